The highest BCUT2D eigenvalue weighted by molar-refractivity contribution is 8.00. The molecular formula is C21H24N2O4S2. The van der Waals surface area contributed by atoms with Crippen LogP contribution in [-0.2, 0) is 19.4 Å². The molecule has 3 rings (SSSR count). The van der Waals surface area contributed by atoms with Crippen LogP contribution in [0, 0.1) is 13.8 Å². The Kier molecular flexibility index (Phi) is 6.33. The van der Waals surface area contributed by atoms with Crippen molar-refractivity contribution in [2.24, 2.45) is 0 Å². The topological polar surface area (TPSA) is 92.3 Å². The Bertz CT molecular complexity index is 1040. The Hall–Kier alpha value is -2.32. The minimum Gasteiger partial charge on any atom is -0.326 e. The minimum absolute atomic E-state index is 0.103. The van der Waals surface area contributed by atoms with Gasteiger partial charge in [0.15, 0.2) is 9.84 Å². The fourth-order valence-corrected chi connectivity index (χ4v) is 5.55. The maximum atomic E-state index is 12.7. The fourth-order valence-electron chi connectivity index (χ4n) is 3.24. The van der Waals surface area contributed by atoms with Crippen molar-refractivity contribution in [3.05, 3.63) is 47.5 Å². The van der Waals surface area contributed by atoms with Crippen LogP contribution < -0.4 is 10.6 Å². The van der Waals surface area contributed by atoms with Crippen molar-refractivity contribution in [3.63, 3.8) is 0 Å². The number of aryl methyl sites for hydroxylation is 2. The van der Waals surface area contributed by atoms with E-state index in [9.17, 15) is 18.0 Å². The van der Waals surface area contributed by atoms with Crippen LogP contribution in [0.15, 0.2) is 46.2 Å². The number of thioether (sulfide) groups is 1. The van der Waals surface area contributed by atoms with Gasteiger partial charge in [-0.05, 0) is 55.3 Å². The zero-order valence-corrected chi connectivity index (χ0v) is 18.2. The van der Waals surface area contributed by atoms with E-state index in [1.807, 2.05) is 39.0 Å². The predicted molar refractivity (Wildman–Crippen MR) is 116 cm³/mol. The number of benzene rings is 2. The third-order valence-electron chi connectivity index (χ3n) is 4.49. The molecule has 0 spiro atoms. The van der Waals surface area contributed by atoms with Gasteiger partial charge >= 0.3 is 0 Å². The van der Waals surface area contributed by atoms with E-state index in [0.717, 1.165) is 16.0 Å². The lowest BCUT2D eigenvalue weighted by atomic mass is 10.1. The second kappa shape index (κ2) is 8.59. The molecule has 6 nitrogen and oxygen atoms in total. The fraction of sp³-hybridized carbons (Fsp3) is 0.333. The molecule has 2 aromatic rings. The summed E-state index contributed by atoms with van der Waals surface area (Å²) in [7, 11) is -3.66. The molecule has 2 amide bonds. The van der Waals surface area contributed by atoms with Crippen molar-refractivity contribution in [2.45, 2.75) is 48.7 Å². The first kappa shape index (κ1) is 21.4. The van der Waals surface area contributed by atoms with Crippen LogP contribution in [0.2, 0.25) is 0 Å². The lowest BCUT2D eigenvalue weighted by Gasteiger charge is -2.11. The summed E-state index contributed by atoms with van der Waals surface area (Å²) in [4.78, 5) is 25.1. The van der Waals surface area contributed by atoms with Gasteiger partial charge in [0.2, 0.25) is 11.8 Å². The van der Waals surface area contributed by atoms with E-state index in [4.69, 9.17) is 0 Å². The van der Waals surface area contributed by atoms with Crippen LogP contribution in [0.3, 0.4) is 0 Å². The highest BCUT2D eigenvalue weighted by atomic mass is 32.2. The van der Waals surface area contributed by atoms with E-state index in [1.54, 1.807) is 6.07 Å². The van der Waals surface area contributed by atoms with Crippen molar-refractivity contribution >= 4 is 44.8 Å². The molecule has 0 unspecified atom stereocenters. The molecule has 0 aliphatic carbocycles. The summed E-state index contributed by atoms with van der Waals surface area (Å²) < 4.78 is 25.4. The normalized spacial score (nSPS) is 16.5. The predicted octanol–water partition coefficient (Wildman–Crippen LogP) is 3.93. The molecule has 1 heterocycles. The number of amides is 2. The van der Waals surface area contributed by atoms with Gasteiger partial charge in [0, 0.05) is 28.7 Å². The highest BCUT2D eigenvalue weighted by Crippen LogP contribution is 2.36. The molecule has 2 N–H and O–H groups in total. The molecule has 1 aliphatic rings. The Morgan fingerprint density at radius 1 is 1.17 bits per heavy atom. The van der Waals surface area contributed by atoms with Gasteiger partial charge in [-0.3, -0.25) is 9.59 Å². The van der Waals surface area contributed by atoms with Crippen molar-refractivity contribution in [2.75, 3.05) is 16.4 Å². The molecule has 0 aromatic heterocycles. The maximum Gasteiger partial charge on any atom is 0.225 e. The van der Waals surface area contributed by atoms with Crippen LogP contribution in [0.25, 0.3) is 0 Å². The number of nitrogens with one attached hydrogen (secondary N) is 2. The zero-order valence-electron chi connectivity index (χ0n) is 16.6. The molecule has 0 fully saturated rings. The highest BCUT2D eigenvalue weighted by Gasteiger charge is 2.23. The van der Waals surface area contributed by atoms with Gasteiger partial charge in [-0.15, -0.1) is 11.8 Å². The van der Waals surface area contributed by atoms with Crippen LogP contribution >= 0.6 is 11.8 Å². The zero-order chi connectivity index (χ0) is 21.2. The van der Waals surface area contributed by atoms with Crippen LogP contribution in [0.4, 0.5) is 11.4 Å². The summed E-state index contributed by atoms with van der Waals surface area (Å²) >= 11 is 1.54. The number of anilines is 2. The molecule has 29 heavy (non-hydrogen) atoms. The summed E-state index contributed by atoms with van der Waals surface area (Å²) in [6, 6.07) is 10.4. The Labute approximate surface area is 175 Å². The van der Waals surface area contributed by atoms with Crippen LogP contribution in [0.5, 0.6) is 0 Å². The van der Waals surface area contributed by atoms with Crippen molar-refractivity contribution in [1.29, 1.82) is 0 Å². The summed E-state index contributed by atoms with van der Waals surface area (Å²) in [6.45, 7) is 5.82. The van der Waals surface area contributed by atoms with Gasteiger partial charge in [0.1, 0.15) is 0 Å². The molecule has 2 aromatic carbocycles. The number of rotatable bonds is 5. The average Bonchev–Trinajstić information content (AvgIpc) is 2.74. The first-order valence-corrected chi connectivity index (χ1v) is 11.9. The third-order valence-corrected chi connectivity index (χ3v) is 7.38. The quantitative estimate of drug-likeness (QED) is 0.747. The molecule has 1 atom stereocenters. The number of carbonyl (C=O) groups excluding carboxylic acids is 2. The number of hydrogen-bond donors (Lipinski definition) is 2. The molecule has 0 bridgehead atoms. The molecule has 0 saturated carbocycles. The van der Waals surface area contributed by atoms with E-state index < -0.39 is 9.84 Å². The lowest BCUT2D eigenvalue weighted by molar-refractivity contribution is -0.116. The average molecular weight is 433 g/mol. The summed E-state index contributed by atoms with van der Waals surface area (Å²) in [5.74, 6) is -0.794. The Morgan fingerprint density at radius 2 is 1.86 bits per heavy atom. The van der Waals surface area contributed by atoms with Crippen LogP contribution in [0.1, 0.15) is 30.9 Å². The number of carbonyl (C=O) groups is 2. The second-order valence-electron chi connectivity index (χ2n) is 7.33. The van der Waals surface area contributed by atoms with E-state index >= 15 is 0 Å². The SMILES string of the molecule is Cc1cc(C)cc(NC(=O)CCS(=O)(=O)c2ccc3c(c2)NC(=O)C[C@@H](C)S3)c1. The second-order valence-corrected chi connectivity index (χ2v) is 10.9. The number of fused-ring (bicyclic) bond motifs is 1. The Morgan fingerprint density at radius 3 is 2.55 bits per heavy atom. The molecular weight excluding hydrogens is 408 g/mol. The van der Waals surface area contributed by atoms with Gasteiger partial charge in [0.25, 0.3) is 0 Å². The van der Waals surface area contributed by atoms with Gasteiger partial charge in [0.05, 0.1) is 16.3 Å². The van der Waals surface area contributed by atoms with Gasteiger partial charge in [-0.2, -0.15) is 0 Å². The largest absolute Gasteiger partial charge is 0.326 e. The van der Waals surface area contributed by atoms with Gasteiger partial charge < -0.3 is 10.6 Å². The number of hydrogen-bond acceptors (Lipinski definition) is 5. The third kappa shape index (κ3) is 5.61. The van der Waals surface area contributed by atoms with Crippen molar-refractivity contribution in [3.8, 4) is 0 Å². The van der Waals surface area contributed by atoms with Crippen LogP contribution in [-0.4, -0.2) is 31.2 Å². The van der Waals surface area contributed by atoms with E-state index in [0.29, 0.717) is 17.8 Å². The monoisotopic (exact) mass is 432 g/mol. The lowest BCUT2D eigenvalue weighted by Crippen LogP contribution is -2.18. The molecule has 1 aliphatic heterocycles. The smallest absolute Gasteiger partial charge is 0.225 e. The number of sulfone groups is 1. The standard InChI is InChI=1S/C21H24N2O4S2/c1-13-8-14(2)10-16(9-13)22-20(24)6-7-29(26,27)17-4-5-19-18(12-17)23-21(25)11-15(3)28-19/h4-5,8-10,12,15H,6-7,11H2,1-3H3,(H,22,24)(H,23,25)/t15-/m1/s1. The van der Waals surface area contributed by atoms with Crippen molar-refractivity contribution < 1.29 is 18.0 Å². The summed E-state index contributed by atoms with van der Waals surface area (Å²) in [6.07, 6.45) is 0.227. The van der Waals surface area contributed by atoms with E-state index in [-0.39, 0.29) is 34.1 Å². The molecule has 0 saturated heterocycles. The van der Waals surface area contributed by atoms with E-state index in [1.165, 1.54) is 23.9 Å². The van der Waals surface area contributed by atoms with Gasteiger partial charge in [-0.25, -0.2) is 8.42 Å². The summed E-state index contributed by atoms with van der Waals surface area (Å²) in [5, 5.41) is 5.64. The van der Waals surface area contributed by atoms with Gasteiger partial charge in [-0.1, -0.05) is 13.0 Å². The molecule has 8 heteroatoms. The molecule has 154 valence electrons. The Balaban J connectivity index is 1.69. The first-order valence-electron chi connectivity index (χ1n) is 9.34. The maximum absolute atomic E-state index is 12.7. The first-order chi connectivity index (χ1) is 13.6. The minimum atomic E-state index is -3.66. The summed E-state index contributed by atoms with van der Waals surface area (Å²) in [5.41, 5.74) is 3.20. The van der Waals surface area contributed by atoms with Crippen molar-refractivity contribution in [1.82, 2.24) is 0 Å². The molecule has 0 radical (unpaired) electrons. The van der Waals surface area contributed by atoms with E-state index in [2.05, 4.69) is 10.6 Å².